The number of nitrogens with two attached hydrogens (primary N) is 1. The van der Waals surface area contributed by atoms with Crippen LogP contribution < -0.4 is 11.1 Å². The molecule has 0 spiro atoms. The Labute approximate surface area is 100 Å². The van der Waals surface area contributed by atoms with Crippen LogP contribution in [-0.4, -0.2) is 16.9 Å². The molecule has 0 fully saturated rings. The number of carbonyl (C=O) groups is 1. The minimum Gasteiger partial charge on any atom is -0.324 e. The first-order valence-electron chi connectivity index (χ1n) is 4.42. The molecule has 16 heavy (non-hydrogen) atoms. The van der Waals surface area contributed by atoms with Crippen molar-refractivity contribution in [3.8, 4) is 0 Å². The molecule has 3 N–H and O–H groups in total. The summed E-state index contributed by atoms with van der Waals surface area (Å²) in [6.07, 6.45) is 0. The SMILES string of the molecule is C[C@@H](N)C(=O)Nc1ccc(Br)c([N+](=O)[O-])c1. The highest BCUT2D eigenvalue weighted by atomic mass is 79.9. The molecule has 6 nitrogen and oxygen atoms in total. The molecule has 1 aromatic carbocycles. The van der Waals surface area contributed by atoms with Crippen LogP contribution in [0.4, 0.5) is 11.4 Å². The maximum Gasteiger partial charge on any atom is 0.285 e. The molecule has 1 rings (SSSR count). The van der Waals surface area contributed by atoms with Gasteiger partial charge < -0.3 is 11.1 Å². The summed E-state index contributed by atoms with van der Waals surface area (Å²) >= 11 is 3.05. The number of rotatable bonds is 3. The van der Waals surface area contributed by atoms with Crippen LogP contribution in [0.5, 0.6) is 0 Å². The molecule has 1 amide bonds. The van der Waals surface area contributed by atoms with Gasteiger partial charge in [-0.25, -0.2) is 0 Å². The number of hydrogen-bond acceptors (Lipinski definition) is 4. The minimum absolute atomic E-state index is 0.109. The van der Waals surface area contributed by atoms with Crippen LogP contribution in [0.25, 0.3) is 0 Å². The predicted octanol–water partition coefficient (Wildman–Crippen LogP) is 1.64. The van der Waals surface area contributed by atoms with Gasteiger partial charge in [-0.1, -0.05) is 0 Å². The van der Waals surface area contributed by atoms with Crippen LogP contribution in [0.1, 0.15) is 6.92 Å². The summed E-state index contributed by atoms with van der Waals surface area (Å²) in [5.74, 6) is -0.392. The zero-order chi connectivity index (χ0) is 12.3. The van der Waals surface area contributed by atoms with Crippen LogP contribution in [0.15, 0.2) is 22.7 Å². The summed E-state index contributed by atoms with van der Waals surface area (Å²) < 4.78 is 0.358. The summed E-state index contributed by atoms with van der Waals surface area (Å²) in [4.78, 5) is 21.4. The lowest BCUT2D eigenvalue weighted by molar-refractivity contribution is -0.385. The van der Waals surface area contributed by atoms with Gasteiger partial charge in [-0.15, -0.1) is 0 Å². The lowest BCUT2D eigenvalue weighted by Gasteiger charge is -2.07. The van der Waals surface area contributed by atoms with E-state index in [1.165, 1.54) is 19.1 Å². The smallest absolute Gasteiger partial charge is 0.285 e. The van der Waals surface area contributed by atoms with Crippen molar-refractivity contribution in [2.75, 3.05) is 5.32 Å². The van der Waals surface area contributed by atoms with Crippen LogP contribution in [0.3, 0.4) is 0 Å². The number of carbonyl (C=O) groups excluding carboxylic acids is 1. The van der Waals surface area contributed by atoms with E-state index in [1.54, 1.807) is 6.07 Å². The Morgan fingerprint density at radius 1 is 1.62 bits per heavy atom. The van der Waals surface area contributed by atoms with Gasteiger partial charge in [0, 0.05) is 11.8 Å². The van der Waals surface area contributed by atoms with Gasteiger partial charge in [0.15, 0.2) is 0 Å². The van der Waals surface area contributed by atoms with Crippen LogP contribution in [0.2, 0.25) is 0 Å². The quantitative estimate of drug-likeness (QED) is 0.652. The van der Waals surface area contributed by atoms with Crippen LogP contribution in [-0.2, 0) is 4.79 Å². The molecule has 0 unspecified atom stereocenters. The van der Waals surface area contributed by atoms with E-state index in [9.17, 15) is 14.9 Å². The average molecular weight is 288 g/mol. The zero-order valence-corrected chi connectivity index (χ0v) is 10.0. The van der Waals surface area contributed by atoms with Crippen molar-refractivity contribution in [3.05, 3.63) is 32.8 Å². The second-order valence-corrected chi connectivity index (χ2v) is 4.06. The molecule has 0 aliphatic heterocycles. The van der Waals surface area contributed by atoms with Crippen molar-refractivity contribution in [3.63, 3.8) is 0 Å². The summed E-state index contributed by atoms with van der Waals surface area (Å²) in [6, 6.07) is 3.65. The summed E-state index contributed by atoms with van der Waals surface area (Å²) in [5.41, 5.74) is 5.59. The van der Waals surface area contributed by atoms with E-state index in [0.717, 1.165) is 0 Å². The molecule has 0 aliphatic rings. The standard InChI is InChI=1S/C9H10BrN3O3/c1-5(11)9(14)12-6-2-3-7(10)8(4-6)13(15)16/h2-5H,11H2,1H3,(H,12,14)/t5-/m1/s1. The monoisotopic (exact) mass is 287 g/mol. The molecule has 1 aromatic rings. The highest BCUT2D eigenvalue weighted by Gasteiger charge is 2.14. The molecule has 0 bridgehead atoms. The van der Waals surface area contributed by atoms with Gasteiger partial charge in [0.25, 0.3) is 5.69 Å². The fourth-order valence-corrected chi connectivity index (χ4v) is 1.38. The van der Waals surface area contributed by atoms with E-state index in [4.69, 9.17) is 5.73 Å². The van der Waals surface area contributed by atoms with E-state index in [1.807, 2.05) is 0 Å². The molecule has 0 heterocycles. The van der Waals surface area contributed by atoms with Crippen molar-refractivity contribution in [2.45, 2.75) is 13.0 Å². The Morgan fingerprint density at radius 2 is 2.25 bits per heavy atom. The van der Waals surface area contributed by atoms with Crippen LogP contribution in [0, 0.1) is 10.1 Å². The third kappa shape index (κ3) is 3.01. The van der Waals surface area contributed by atoms with E-state index in [-0.39, 0.29) is 5.69 Å². The molecule has 1 atom stereocenters. The number of nitro groups is 1. The van der Waals surface area contributed by atoms with Crippen molar-refractivity contribution >= 4 is 33.2 Å². The number of benzene rings is 1. The van der Waals surface area contributed by atoms with E-state index < -0.39 is 16.9 Å². The average Bonchev–Trinajstić information content (AvgIpc) is 2.20. The van der Waals surface area contributed by atoms with Crippen LogP contribution >= 0.6 is 15.9 Å². The number of nitrogens with one attached hydrogen (secondary N) is 1. The molecule has 0 saturated heterocycles. The Bertz CT molecular complexity index is 434. The van der Waals surface area contributed by atoms with E-state index in [2.05, 4.69) is 21.2 Å². The number of hydrogen-bond donors (Lipinski definition) is 2. The second kappa shape index (κ2) is 5.04. The largest absolute Gasteiger partial charge is 0.324 e. The highest BCUT2D eigenvalue weighted by molar-refractivity contribution is 9.10. The molecular weight excluding hydrogens is 278 g/mol. The van der Waals surface area contributed by atoms with Crippen molar-refractivity contribution in [1.82, 2.24) is 0 Å². The number of nitro benzene ring substituents is 1. The molecule has 0 saturated carbocycles. The molecule has 0 radical (unpaired) electrons. The van der Waals surface area contributed by atoms with Gasteiger partial charge in [-0.2, -0.15) is 0 Å². The molecule has 0 aromatic heterocycles. The third-order valence-corrected chi connectivity index (χ3v) is 2.49. The highest BCUT2D eigenvalue weighted by Crippen LogP contribution is 2.27. The predicted molar refractivity (Wildman–Crippen MR) is 63.1 cm³/mol. The normalized spacial score (nSPS) is 11.9. The maximum atomic E-state index is 11.3. The minimum atomic E-state index is -0.664. The fourth-order valence-electron chi connectivity index (χ4n) is 0.986. The van der Waals surface area contributed by atoms with Gasteiger partial charge >= 0.3 is 0 Å². The Morgan fingerprint density at radius 3 is 2.75 bits per heavy atom. The second-order valence-electron chi connectivity index (χ2n) is 3.20. The van der Waals surface area contributed by atoms with Gasteiger partial charge in [0.2, 0.25) is 5.91 Å². The zero-order valence-electron chi connectivity index (χ0n) is 8.44. The Kier molecular flexibility index (Phi) is 3.97. The van der Waals surface area contributed by atoms with E-state index >= 15 is 0 Å². The Hall–Kier alpha value is -1.47. The first-order valence-corrected chi connectivity index (χ1v) is 5.21. The third-order valence-electron chi connectivity index (χ3n) is 1.82. The molecule has 7 heteroatoms. The van der Waals surface area contributed by atoms with E-state index in [0.29, 0.717) is 10.2 Å². The molecule has 86 valence electrons. The topological polar surface area (TPSA) is 98.3 Å². The number of halogens is 1. The molecular formula is C9H10BrN3O3. The van der Waals surface area contributed by atoms with Gasteiger partial charge in [0.1, 0.15) is 0 Å². The summed E-state index contributed by atoms with van der Waals surface area (Å²) in [7, 11) is 0. The summed E-state index contributed by atoms with van der Waals surface area (Å²) in [6.45, 7) is 1.53. The van der Waals surface area contributed by atoms with Gasteiger partial charge in [0.05, 0.1) is 15.4 Å². The molecule has 0 aliphatic carbocycles. The maximum absolute atomic E-state index is 11.3. The van der Waals surface area contributed by atoms with Gasteiger partial charge in [-0.3, -0.25) is 14.9 Å². The lowest BCUT2D eigenvalue weighted by Crippen LogP contribution is -2.32. The van der Waals surface area contributed by atoms with Gasteiger partial charge in [-0.05, 0) is 35.0 Å². The fraction of sp³-hybridized carbons (Fsp3) is 0.222. The van der Waals surface area contributed by atoms with Crippen molar-refractivity contribution in [1.29, 1.82) is 0 Å². The lowest BCUT2D eigenvalue weighted by atomic mass is 10.2. The first-order chi connectivity index (χ1) is 7.41. The summed E-state index contributed by atoms with van der Waals surface area (Å²) in [5, 5.41) is 13.1. The van der Waals surface area contributed by atoms with Crippen molar-refractivity contribution in [2.24, 2.45) is 5.73 Å². The Balaban J connectivity index is 2.95. The number of anilines is 1. The number of amides is 1. The van der Waals surface area contributed by atoms with Crippen molar-refractivity contribution < 1.29 is 9.72 Å². The number of nitrogens with zero attached hydrogens (tertiary/aromatic N) is 1. The first kappa shape index (κ1) is 12.6.